The van der Waals surface area contributed by atoms with E-state index in [1.165, 1.54) is 24.8 Å². The summed E-state index contributed by atoms with van der Waals surface area (Å²) in [5, 5.41) is 2.84. The van der Waals surface area contributed by atoms with Crippen LogP contribution in [0.2, 0.25) is 5.02 Å². The lowest BCUT2D eigenvalue weighted by atomic mass is 10.2. The molecule has 0 aliphatic carbocycles. The molecule has 1 heterocycles. The average Bonchev–Trinajstić information content (AvgIpc) is 2.30. The summed E-state index contributed by atoms with van der Waals surface area (Å²) >= 11 is 5.81. The molecule has 1 aromatic rings. The Balaban J connectivity index is 1.79. The van der Waals surface area contributed by atoms with Crippen LogP contribution in [0.5, 0.6) is 0 Å². The van der Waals surface area contributed by atoms with Crippen molar-refractivity contribution in [3.63, 3.8) is 0 Å². The molecule has 1 aromatic carbocycles. The van der Waals surface area contributed by atoms with Gasteiger partial charge in [0.2, 0.25) is 0 Å². The van der Waals surface area contributed by atoms with Crippen molar-refractivity contribution in [2.45, 2.75) is 25.9 Å². The van der Waals surface area contributed by atoms with Crippen LogP contribution in [0.3, 0.4) is 0 Å². The molecule has 0 amide bonds. The summed E-state index contributed by atoms with van der Waals surface area (Å²) < 4.78 is 0. The van der Waals surface area contributed by atoms with Gasteiger partial charge in [-0.3, -0.25) is 4.84 Å². The second-order valence-corrected chi connectivity index (χ2v) is 4.33. The van der Waals surface area contributed by atoms with Gasteiger partial charge in [-0.1, -0.05) is 30.2 Å². The zero-order valence-corrected chi connectivity index (χ0v) is 9.54. The van der Waals surface area contributed by atoms with E-state index >= 15 is 0 Å². The fourth-order valence-corrected chi connectivity index (χ4v) is 1.87. The first-order valence-corrected chi connectivity index (χ1v) is 5.85. The normalized spacial score (nSPS) is 17.9. The number of benzene rings is 1. The molecule has 0 radical (unpaired) electrons. The van der Waals surface area contributed by atoms with Crippen molar-refractivity contribution >= 4 is 11.6 Å². The minimum Gasteiger partial charge on any atom is -0.294 e. The van der Waals surface area contributed by atoms with E-state index in [1.807, 2.05) is 24.3 Å². The molecule has 0 spiro atoms. The maximum absolute atomic E-state index is 5.81. The first kappa shape index (κ1) is 10.9. The summed E-state index contributed by atoms with van der Waals surface area (Å²) in [6, 6.07) is 7.81. The molecule has 0 N–H and O–H groups in total. The molecule has 82 valence electrons. The van der Waals surface area contributed by atoms with Crippen LogP contribution in [0.1, 0.15) is 24.8 Å². The topological polar surface area (TPSA) is 12.5 Å². The van der Waals surface area contributed by atoms with Gasteiger partial charge in [-0.2, -0.15) is 5.06 Å². The lowest BCUT2D eigenvalue weighted by Crippen LogP contribution is -2.29. The van der Waals surface area contributed by atoms with E-state index in [1.54, 1.807) is 0 Å². The minimum absolute atomic E-state index is 0.650. The van der Waals surface area contributed by atoms with Crippen molar-refractivity contribution in [2.75, 3.05) is 13.1 Å². The van der Waals surface area contributed by atoms with Crippen molar-refractivity contribution in [1.29, 1.82) is 0 Å². The van der Waals surface area contributed by atoms with E-state index in [-0.39, 0.29) is 0 Å². The molecule has 15 heavy (non-hydrogen) atoms. The van der Waals surface area contributed by atoms with Crippen LogP contribution in [0.25, 0.3) is 0 Å². The third kappa shape index (κ3) is 3.49. The number of hydrogen-bond acceptors (Lipinski definition) is 2. The number of piperidine rings is 1. The predicted molar refractivity (Wildman–Crippen MR) is 61.7 cm³/mol. The SMILES string of the molecule is Clc1ccc(CON2CCCCC2)cc1. The Labute approximate surface area is 95.7 Å². The first-order chi connectivity index (χ1) is 7.34. The minimum atomic E-state index is 0.650. The second kappa shape index (κ2) is 5.50. The van der Waals surface area contributed by atoms with Gasteiger partial charge in [-0.25, -0.2) is 0 Å². The number of rotatable bonds is 3. The smallest absolute Gasteiger partial charge is 0.0935 e. The third-order valence-corrected chi connectivity index (χ3v) is 2.89. The van der Waals surface area contributed by atoms with Gasteiger partial charge in [0, 0.05) is 18.1 Å². The Bertz CT molecular complexity index is 293. The van der Waals surface area contributed by atoms with E-state index in [9.17, 15) is 0 Å². The molecule has 1 aliphatic heterocycles. The zero-order valence-electron chi connectivity index (χ0n) is 8.79. The summed E-state index contributed by atoms with van der Waals surface area (Å²) in [7, 11) is 0. The van der Waals surface area contributed by atoms with E-state index in [0.29, 0.717) is 6.61 Å². The van der Waals surface area contributed by atoms with E-state index in [4.69, 9.17) is 16.4 Å². The molecule has 0 bridgehead atoms. The quantitative estimate of drug-likeness (QED) is 0.783. The molecular weight excluding hydrogens is 210 g/mol. The monoisotopic (exact) mass is 225 g/mol. The molecule has 0 saturated carbocycles. The van der Waals surface area contributed by atoms with E-state index < -0.39 is 0 Å². The highest BCUT2D eigenvalue weighted by Crippen LogP contribution is 2.13. The van der Waals surface area contributed by atoms with Crippen LogP contribution in [0.4, 0.5) is 0 Å². The van der Waals surface area contributed by atoms with Crippen molar-refractivity contribution in [3.8, 4) is 0 Å². The van der Waals surface area contributed by atoms with Crippen LogP contribution >= 0.6 is 11.6 Å². The molecule has 2 rings (SSSR count). The van der Waals surface area contributed by atoms with Gasteiger partial charge in [0.25, 0.3) is 0 Å². The highest BCUT2D eigenvalue weighted by atomic mass is 35.5. The van der Waals surface area contributed by atoms with Crippen molar-refractivity contribution in [2.24, 2.45) is 0 Å². The third-order valence-electron chi connectivity index (χ3n) is 2.64. The maximum Gasteiger partial charge on any atom is 0.0935 e. The van der Waals surface area contributed by atoms with Gasteiger partial charge in [0.1, 0.15) is 0 Å². The van der Waals surface area contributed by atoms with Crippen LogP contribution in [0.15, 0.2) is 24.3 Å². The predicted octanol–water partition coefficient (Wildman–Crippen LogP) is 3.26. The number of nitrogens with zero attached hydrogens (tertiary/aromatic N) is 1. The summed E-state index contributed by atoms with van der Waals surface area (Å²) in [4.78, 5) is 5.70. The van der Waals surface area contributed by atoms with Gasteiger partial charge in [0.05, 0.1) is 6.61 Å². The van der Waals surface area contributed by atoms with Crippen LogP contribution < -0.4 is 0 Å². The van der Waals surface area contributed by atoms with Gasteiger partial charge >= 0.3 is 0 Å². The lowest BCUT2D eigenvalue weighted by Gasteiger charge is -2.25. The summed E-state index contributed by atoms with van der Waals surface area (Å²) in [6.45, 7) is 2.78. The Morgan fingerprint density at radius 3 is 2.40 bits per heavy atom. The van der Waals surface area contributed by atoms with Gasteiger partial charge in [0.15, 0.2) is 0 Å². The van der Waals surface area contributed by atoms with Crippen LogP contribution in [-0.2, 0) is 11.4 Å². The zero-order chi connectivity index (χ0) is 10.5. The largest absolute Gasteiger partial charge is 0.294 e. The molecule has 1 aliphatic rings. The van der Waals surface area contributed by atoms with Crippen LogP contribution in [-0.4, -0.2) is 18.2 Å². The highest BCUT2D eigenvalue weighted by molar-refractivity contribution is 6.30. The number of hydrogen-bond donors (Lipinski definition) is 0. The molecule has 0 atom stereocenters. The highest BCUT2D eigenvalue weighted by Gasteiger charge is 2.10. The second-order valence-electron chi connectivity index (χ2n) is 3.89. The standard InChI is InChI=1S/C12H16ClNO/c13-12-6-4-11(5-7-12)10-15-14-8-2-1-3-9-14/h4-7H,1-3,8-10H2. The Morgan fingerprint density at radius 1 is 1.07 bits per heavy atom. The van der Waals surface area contributed by atoms with E-state index in [2.05, 4.69) is 5.06 Å². The molecule has 0 aromatic heterocycles. The van der Waals surface area contributed by atoms with Gasteiger partial charge in [-0.15, -0.1) is 0 Å². The first-order valence-electron chi connectivity index (χ1n) is 5.47. The lowest BCUT2D eigenvalue weighted by molar-refractivity contribution is -0.178. The summed E-state index contributed by atoms with van der Waals surface area (Å²) in [6.07, 6.45) is 3.84. The van der Waals surface area contributed by atoms with Crippen LogP contribution in [0, 0.1) is 0 Å². The van der Waals surface area contributed by atoms with Crippen molar-refractivity contribution < 1.29 is 4.84 Å². The van der Waals surface area contributed by atoms with Gasteiger partial charge in [-0.05, 0) is 30.5 Å². The maximum atomic E-state index is 5.81. The molecule has 0 unspecified atom stereocenters. The molecule has 3 heteroatoms. The Morgan fingerprint density at radius 2 is 1.73 bits per heavy atom. The average molecular weight is 226 g/mol. The summed E-state index contributed by atoms with van der Waals surface area (Å²) in [5.74, 6) is 0. The fourth-order valence-electron chi connectivity index (χ4n) is 1.74. The molecule has 1 saturated heterocycles. The van der Waals surface area contributed by atoms with Gasteiger partial charge < -0.3 is 0 Å². The van der Waals surface area contributed by atoms with E-state index in [0.717, 1.165) is 18.1 Å². The number of hydroxylamine groups is 2. The number of halogens is 1. The Kier molecular flexibility index (Phi) is 4.01. The van der Waals surface area contributed by atoms with Crippen molar-refractivity contribution in [1.82, 2.24) is 5.06 Å². The molecule has 1 fully saturated rings. The van der Waals surface area contributed by atoms with Crippen molar-refractivity contribution in [3.05, 3.63) is 34.9 Å². The fraction of sp³-hybridized carbons (Fsp3) is 0.500. The molecule has 2 nitrogen and oxygen atoms in total. The Hall–Kier alpha value is -0.570. The molecular formula is C12H16ClNO. The summed E-state index contributed by atoms with van der Waals surface area (Å²) in [5.41, 5.74) is 1.17.